The van der Waals surface area contributed by atoms with Crippen LogP contribution in [0.1, 0.15) is 42.6 Å². The van der Waals surface area contributed by atoms with Gasteiger partial charge >= 0.3 is 0 Å². The Morgan fingerprint density at radius 3 is 2.89 bits per heavy atom. The molecule has 2 aromatic rings. The minimum absolute atomic E-state index is 0.127. The third kappa shape index (κ3) is 1.87. The van der Waals surface area contributed by atoms with Crippen molar-refractivity contribution in [1.29, 1.82) is 0 Å². The molecule has 2 aromatic heterocycles. The summed E-state index contributed by atoms with van der Waals surface area (Å²) in [4.78, 5) is 0. The van der Waals surface area contributed by atoms with Crippen molar-refractivity contribution in [3.63, 3.8) is 0 Å². The van der Waals surface area contributed by atoms with Crippen molar-refractivity contribution in [2.75, 3.05) is 0 Å². The molecule has 96 valence electrons. The molecule has 1 aliphatic carbocycles. The summed E-state index contributed by atoms with van der Waals surface area (Å²) >= 11 is 1.58. The van der Waals surface area contributed by atoms with Crippen molar-refractivity contribution >= 4 is 11.3 Å². The monoisotopic (exact) mass is 263 g/mol. The molecule has 0 aromatic carbocycles. The van der Waals surface area contributed by atoms with Crippen LogP contribution in [0.5, 0.6) is 0 Å². The molecule has 0 radical (unpaired) electrons. The highest BCUT2D eigenvalue weighted by atomic mass is 32.1. The van der Waals surface area contributed by atoms with E-state index in [4.69, 9.17) is 0 Å². The van der Waals surface area contributed by atoms with Gasteiger partial charge < -0.3 is 5.11 Å². The lowest BCUT2D eigenvalue weighted by Gasteiger charge is -2.33. The molecule has 0 amide bonds. The van der Waals surface area contributed by atoms with Crippen LogP contribution in [0.15, 0.2) is 12.3 Å². The van der Waals surface area contributed by atoms with Crippen LogP contribution >= 0.6 is 11.3 Å². The van der Waals surface area contributed by atoms with E-state index < -0.39 is 0 Å². The number of aromatic nitrogens is 3. The zero-order valence-corrected chi connectivity index (χ0v) is 11.7. The van der Waals surface area contributed by atoms with Crippen molar-refractivity contribution in [3.05, 3.63) is 28.5 Å². The summed E-state index contributed by atoms with van der Waals surface area (Å²) in [5.74, 6) is 0. The Balaban J connectivity index is 2.10. The Morgan fingerprint density at radius 2 is 2.22 bits per heavy atom. The highest BCUT2D eigenvalue weighted by molar-refractivity contribution is 7.13. The zero-order chi connectivity index (χ0) is 12.9. The van der Waals surface area contributed by atoms with E-state index in [1.54, 1.807) is 11.3 Å². The van der Waals surface area contributed by atoms with Crippen LogP contribution in [0.2, 0.25) is 0 Å². The molecule has 0 saturated heterocycles. The molecule has 0 aliphatic heterocycles. The SMILES string of the molecule is Cc1nnc(-n2ccc3c2CC(C)(C)CC3O)s1. The molecule has 0 saturated carbocycles. The van der Waals surface area contributed by atoms with Crippen LogP contribution in [-0.4, -0.2) is 19.9 Å². The predicted molar refractivity (Wildman–Crippen MR) is 71.0 cm³/mol. The predicted octanol–water partition coefficient (Wildman–Crippen LogP) is 2.64. The van der Waals surface area contributed by atoms with E-state index in [2.05, 4.69) is 28.6 Å². The fourth-order valence-corrected chi connectivity index (χ4v) is 3.39. The van der Waals surface area contributed by atoms with Gasteiger partial charge in [-0.05, 0) is 31.2 Å². The number of fused-ring (bicyclic) bond motifs is 1. The summed E-state index contributed by atoms with van der Waals surface area (Å²) in [6.07, 6.45) is 3.42. The van der Waals surface area contributed by atoms with Gasteiger partial charge in [0.15, 0.2) is 0 Å². The second-order valence-electron chi connectivity index (χ2n) is 5.75. The van der Waals surface area contributed by atoms with Gasteiger partial charge in [-0.1, -0.05) is 25.2 Å². The van der Waals surface area contributed by atoms with Gasteiger partial charge in [0.05, 0.1) is 6.10 Å². The number of hydrogen-bond acceptors (Lipinski definition) is 4. The Bertz CT molecular complexity index is 585. The van der Waals surface area contributed by atoms with E-state index in [0.29, 0.717) is 0 Å². The fourth-order valence-electron chi connectivity index (χ4n) is 2.69. The van der Waals surface area contributed by atoms with Crippen molar-refractivity contribution < 1.29 is 5.11 Å². The number of rotatable bonds is 1. The molecule has 0 bridgehead atoms. The third-order valence-corrected chi connectivity index (χ3v) is 4.34. The number of aliphatic hydroxyl groups is 1. The minimum atomic E-state index is -0.362. The lowest BCUT2D eigenvalue weighted by atomic mass is 9.75. The highest BCUT2D eigenvalue weighted by Crippen LogP contribution is 2.41. The maximum absolute atomic E-state index is 10.2. The number of nitrogens with zero attached hydrogens (tertiary/aromatic N) is 3. The van der Waals surface area contributed by atoms with Crippen LogP contribution in [0.4, 0.5) is 0 Å². The Kier molecular flexibility index (Phi) is 2.57. The number of aliphatic hydroxyl groups excluding tert-OH is 1. The molecule has 18 heavy (non-hydrogen) atoms. The average molecular weight is 263 g/mol. The standard InChI is InChI=1S/C13H17N3OS/c1-8-14-15-12(18-8)16-5-4-9-10(16)6-13(2,3)7-11(9)17/h4-5,11,17H,6-7H2,1-3H3. The maximum Gasteiger partial charge on any atom is 0.216 e. The summed E-state index contributed by atoms with van der Waals surface area (Å²) in [5.41, 5.74) is 2.35. The molecule has 4 nitrogen and oxygen atoms in total. The van der Waals surface area contributed by atoms with E-state index in [1.807, 2.05) is 19.2 Å². The van der Waals surface area contributed by atoms with Crippen LogP contribution in [0, 0.1) is 12.3 Å². The van der Waals surface area contributed by atoms with Gasteiger partial charge in [-0.15, -0.1) is 10.2 Å². The molecule has 0 fully saturated rings. The highest BCUT2D eigenvalue weighted by Gasteiger charge is 2.33. The molecule has 0 spiro atoms. The van der Waals surface area contributed by atoms with E-state index >= 15 is 0 Å². The van der Waals surface area contributed by atoms with Gasteiger partial charge in [0.1, 0.15) is 5.01 Å². The molecule has 2 heterocycles. The topological polar surface area (TPSA) is 50.9 Å². The first-order valence-corrected chi connectivity index (χ1v) is 6.97. The van der Waals surface area contributed by atoms with Crippen molar-refractivity contribution in [2.24, 2.45) is 5.41 Å². The first kappa shape index (κ1) is 11.9. The summed E-state index contributed by atoms with van der Waals surface area (Å²) < 4.78 is 2.07. The molecular formula is C13H17N3OS. The second-order valence-corrected chi connectivity index (χ2v) is 6.91. The summed E-state index contributed by atoms with van der Waals surface area (Å²) in [6.45, 7) is 6.35. The maximum atomic E-state index is 10.2. The molecule has 1 N–H and O–H groups in total. The third-order valence-electron chi connectivity index (χ3n) is 3.50. The lowest BCUT2D eigenvalue weighted by Crippen LogP contribution is -2.26. The van der Waals surface area contributed by atoms with E-state index in [9.17, 15) is 5.11 Å². The van der Waals surface area contributed by atoms with Gasteiger partial charge in [0.2, 0.25) is 5.13 Å². The summed E-state index contributed by atoms with van der Waals surface area (Å²) in [7, 11) is 0. The molecule has 5 heteroatoms. The average Bonchev–Trinajstić information content (AvgIpc) is 2.82. The van der Waals surface area contributed by atoms with E-state index in [0.717, 1.165) is 28.5 Å². The van der Waals surface area contributed by atoms with Crippen LogP contribution in [-0.2, 0) is 6.42 Å². The Morgan fingerprint density at radius 1 is 1.44 bits per heavy atom. The van der Waals surface area contributed by atoms with Crippen molar-refractivity contribution in [1.82, 2.24) is 14.8 Å². The summed E-state index contributed by atoms with van der Waals surface area (Å²) in [6, 6.07) is 2.01. The van der Waals surface area contributed by atoms with Crippen molar-refractivity contribution in [2.45, 2.75) is 39.7 Å². The molecule has 1 atom stereocenters. The molecule has 1 unspecified atom stereocenters. The quantitative estimate of drug-likeness (QED) is 0.860. The number of aryl methyl sites for hydroxylation is 1. The Labute approximate surface area is 110 Å². The van der Waals surface area contributed by atoms with Gasteiger partial charge in [0.25, 0.3) is 0 Å². The van der Waals surface area contributed by atoms with E-state index in [1.165, 1.54) is 5.69 Å². The molecule has 1 aliphatic rings. The van der Waals surface area contributed by atoms with Crippen LogP contribution in [0.25, 0.3) is 5.13 Å². The van der Waals surface area contributed by atoms with Crippen LogP contribution in [0.3, 0.4) is 0 Å². The first-order chi connectivity index (χ1) is 8.46. The van der Waals surface area contributed by atoms with Crippen LogP contribution < -0.4 is 0 Å². The number of hydrogen-bond donors (Lipinski definition) is 1. The first-order valence-electron chi connectivity index (χ1n) is 6.15. The largest absolute Gasteiger partial charge is 0.388 e. The van der Waals surface area contributed by atoms with Gasteiger partial charge in [-0.25, -0.2) is 0 Å². The van der Waals surface area contributed by atoms with Gasteiger partial charge in [-0.3, -0.25) is 4.57 Å². The zero-order valence-electron chi connectivity index (χ0n) is 10.8. The van der Waals surface area contributed by atoms with Crippen molar-refractivity contribution in [3.8, 4) is 5.13 Å². The lowest BCUT2D eigenvalue weighted by molar-refractivity contribution is 0.0987. The smallest absolute Gasteiger partial charge is 0.216 e. The minimum Gasteiger partial charge on any atom is -0.388 e. The molecule has 3 rings (SSSR count). The van der Waals surface area contributed by atoms with Gasteiger partial charge in [-0.2, -0.15) is 0 Å². The Hall–Kier alpha value is -1.20. The van der Waals surface area contributed by atoms with Gasteiger partial charge in [0, 0.05) is 17.5 Å². The summed E-state index contributed by atoms with van der Waals surface area (Å²) in [5, 5.41) is 20.3. The normalized spacial score (nSPS) is 21.9. The second kappa shape index (κ2) is 3.90. The molecular weight excluding hydrogens is 246 g/mol. The van der Waals surface area contributed by atoms with E-state index in [-0.39, 0.29) is 11.5 Å². The fraction of sp³-hybridized carbons (Fsp3) is 0.538.